The number of aromatic nitrogens is 1. The van der Waals surface area contributed by atoms with Crippen LogP contribution in [0.3, 0.4) is 0 Å². The highest BCUT2D eigenvalue weighted by molar-refractivity contribution is 6.39. The van der Waals surface area contributed by atoms with Crippen LogP contribution in [0, 0.1) is 6.92 Å². The maximum atomic E-state index is 11.5. The number of carbonyl (C=O) groups is 1. The predicted molar refractivity (Wildman–Crippen MR) is 83.9 cm³/mol. The molecule has 0 spiro atoms. The van der Waals surface area contributed by atoms with Crippen LogP contribution in [0.1, 0.15) is 15.9 Å². The molecule has 100 valence electrons. The van der Waals surface area contributed by atoms with Crippen LogP contribution < -0.4 is 0 Å². The van der Waals surface area contributed by atoms with Crippen molar-refractivity contribution in [3.05, 3.63) is 57.6 Å². The van der Waals surface area contributed by atoms with Crippen LogP contribution in [0.4, 0.5) is 0 Å². The van der Waals surface area contributed by atoms with E-state index in [1.807, 2.05) is 31.2 Å². The maximum absolute atomic E-state index is 11.5. The molecule has 0 saturated carbocycles. The molecule has 20 heavy (non-hydrogen) atoms. The number of halogens is 2. The Kier molecular flexibility index (Phi) is 3.28. The Balaban J connectivity index is 2.40. The SMILES string of the molecule is Cc1ccccc1-c1[nH]c2cc(Cl)cc(Cl)c2c1C=O. The molecule has 2 nitrogen and oxygen atoms in total. The molecule has 0 aliphatic carbocycles. The molecule has 4 heteroatoms. The van der Waals surface area contributed by atoms with Crippen LogP contribution in [-0.2, 0) is 0 Å². The summed E-state index contributed by atoms with van der Waals surface area (Å²) in [6, 6.07) is 11.3. The molecule has 3 rings (SSSR count). The molecule has 0 saturated heterocycles. The fourth-order valence-electron chi connectivity index (χ4n) is 2.46. The van der Waals surface area contributed by atoms with Gasteiger partial charge in [-0.2, -0.15) is 0 Å². The molecule has 1 aromatic heterocycles. The second-order valence-electron chi connectivity index (χ2n) is 4.66. The van der Waals surface area contributed by atoms with E-state index in [-0.39, 0.29) is 0 Å². The second-order valence-corrected chi connectivity index (χ2v) is 5.50. The van der Waals surface area contributed by atoms with Gasteiger partial charge < -0.3 is 4.98 Å². The van der Waals surface area contributed by atoms with Crippen molar-refractivity contribution in [2.24, 2.45) is 0 Å². The molecule has 3 aromatic rings. The zero-order valence-electron chi connectivity index (χ0n) is 10.7. The number of aldehydes is 1. The number of nitrogens with one attached hydrogen (secondary N) is 1. The van der Waals surface area contributed by atoms with Crippen molar-refractivity contribution in [2.75, 3.05) is 0 Å². The Labute approximate surface area is 126 Å². The summed E-state index contributed by atoms with van der Waals surface area (Å²) in [4.78, 5) is 14.8. The van der Waals surface area contributed by atoms with Gasteiger partial charge in [0, 0.05) is 27.1 Å². The van der Waals surface area contributed by atoms with Crippen molar-refractivity contribution in [2.45, 2.75) is 6.92 Å². The summed E-state index contributed by atoms with van der Waals surface area (Å²) in [6.07, 6.45) is 0.834. The first-order chi connectivity index (χ1) is 9.61. The highest BCUT2D eigenvalue weighted by atomic mass is 35.5. The van der Waals surface area contributed by atoms with Crippen molar-refractivity contribution in [3.63, 3.8) is 0 Å². The number of hydrogen-bond donors (Lipinski definition) is 1. The average Bonchev–Trinajstić information content (AvgIpc) is 2.77. The first kappa shape index (κ1) is 13.2. The van der Waals surface area contributed by atoms with Crippen molar-refractivity contribution in [3.8, 4) is 11.3 Å². The minimum absolute atomic E-state index is 0.477. The second kappa shape index (κ2) is 4.97. The number of H-pyrrole nitrogens is 1. The number of hydrogen-bond acceptors (Lipinski definition) is 1. The van der Waals surface area contributed by atoms with E-state index in [0.717, 1.165) is 28.6 Å². The number of aryl methyl sites for hydroxylation is 1. The molecule has 1 N–H and O–H groups in total. The normalized spacial score (nSPS) is 10.9. The van der Waals surface area contributed by atoms with E-state index in [0.29, 0.717) is 21.0 Å². The molecule has 0 fully saturated rings. The van der Waals surface area contributed by atoms with E-state index in [1.165, 1.54) is 0 Å². The Morgan fingerprint density at radius 2 is 1.90 bits per heavy atom. The Bertz CT molecular complexity index is 821. The first-order valence-corrected chi connectivity index (χ1v) is 6.89. The summed E-state index contributed by atoms with van der Waals surface area (Å²) < 4.78 is 0. The van der Waals surface area contributed by atoms with E-state index in [1.54, 1.807) is 12.1 Å². The van der Waals surface area contributed by atoms with Crippen LogP contribution in [0.2, 0.25) is 10.0 Å². The van der Waals surface area contributed by atoms with E-state index in [4.69, 9.17) is 23.2 Å². The molecule has 0 aliphatic heterocycles. The van der Waals surface area contributed by atoms with Gasteiger partial charge in [0.2, 0.25) is 0 Å². The fraction of sp³-hybridized carbons (Fsp3) is 0.0625. The fourth-order valence-corrected chi connectivity index (χ4v) is 3.05. The number of fused-ring (bicyclic) bond motifs is 1. The summed E-state index contributed by atoms with van der Waals surface area (Å²) in [7, 11) is 0. The number of carbonyl (C=O) groups excluding carboxylic acids is 1. The summed E-state index contributed by atoms with van der Waals surface area (Å²) >= 11 is 12.2. The number of aromatic amines is 1. The lowest BCUT2D eigenvalue weighted by molar-refractivity contribution is 0.112. The summed E-state index contributed by atoms with van der Waals surface area (Å²) in [5.41, 5.74) is 4.18. The van der Waals surface area contributed by atoms with Crippen LogP contribution in [0.5, 0.6) is 0 Å². The van der Waals surface area contributed by atoms with Gasteiger partial charge in [-0.15, -0.1) is 0 Å². The highest BCUT2D eigenvalue weighted by Crippen LogP contribution is 2.36. The molecule has 0 bridgehead atoms. The molecule has 0 atom stereocenters. The van der Waals surface area contributed by atoms with Gasteiger partial charge in [-0.1, -0.05) is 47.5 Å². The quantitative estimate of drug-likeness (QED) is 0.643. The van der Waals surface area contributed by atoms with E-state index in [2.05, 4.69) is 4.98 Å². The molecule has 0 amide bonds. The van der Waals surface area contributed by atoms with Gasteiger partial charge in [-0.25, -0.2) is 0 Å². The topological polar surface area (TPSA) is 32.9 Å². The number of rotatable bonds is 2. The van der Waals surface area contributed by atoms with Crippen LogP contribution >= 0.6 is 23.2 Å². The molecule has 0 radical (unpaired) electrons. The third-order valence-corrected chi connectivity index (χ3v) is 3.90. The van der Waals surface area contributed by atoms with E-state index in [9.17, 15) is 4.79 Å². The zero-order chi connectivity index (χ0) is 14.3. The molecule has 0 aliphatic rings. The van der Waals surface area contributed by atoms with Crippen LogP contribution in [-0.4, -0.2) is 11.3 Å². The van der Waals surface area contributed by atoms with E-state index >= 15 is 0 Å². The Morgan fingerprint density at radius 1 is 1.15 bits per heavy atom. The van der Waals surface area contributed by atoms with Gasteiger partial charge in [0.05, 0.1) is 10.7 Å². The smallest absolute Gasteiger partial charge is 0.152 e. The lowest BCUT2D eigenvalue weighted by atomic mass is 10.0. The molecule has 1 heterocycles. The van der Waals surface area contributed by atoms with Gasteiger partial charge in [-0.05, 0) is 24.6 Å². The highest BCUT2D eigenvalue weighted by Gasteiger charge is 2.16. The predicted octanol–water partition coefficient (Wildman–Crippen LogP) is 5.26. The summed E-state index contributed by atoms with van der Waals surface area (Å²) in [5, 5.41) is 1.73. The van der Waals surface area contributed by atoms with Crippen molar-refractivity contribution in [1.82, 2.24) is 4.98 Å². The molecular formula is C16H11Cl2NO. The average molecular weight is 304 g/mol. The lowest BCUT2D eigenvalue weighted by Gasteiger charge is -2.04. The van der Waals surface area contributed by atoms with Gasteiger partial charge in [0.1, 0.15) is 0 Å². The van der Waals surface area contributed by atoms with Gasteiger partial charge in [-0.3, -0.25) is 4.79 Å². The van der Waals surface area contributed by atoms with Crippen molar-refractivity contribution in [1.29, 1.82) is 0 Å². The standard InChI is InChI=1S/C16H11Cl2NO/c1-9-4-2-3-5-11(9)16-12(8-20)15-13(18)6-10(17)7-14(15)19-16/h2-8,19H,1H3. The number of benzene rings is 2. The summed E-state index contributed by atoms with van der Waals surface area (Å²) in [5.74, 6) is 0. The van der Waals surface area contributed by atoms with Crippen LogP contribution in [0.25, 0.3) is 22.2 Å². The lowest BCUT2D eigenvalue weighted by Crippen LogP contribution is -1.87. The minimum atomic E-state index is 0.477. The van der Waals surface area contributed by atoms with Gasteiger partial charge in [0.15, 0.2) is 6.29 Å². The maximum Gasteiger partial charge on any atom is 0.152 e. The van der Waals surface area contributed by atoms with E-state index < -0.39 is 0 Å². The first-order valence-electron chi connectivity index (χ1n) is 6.13. The summed E-state index contributed by atoms with van der Waals surface area (Å²) in [6.45, 7) is 2.00. The van der Waals surface area contributed by atoms with Crippen LogP contribution in [0.15, 0.2) is 36.4 Å². The van der Waals surface area contributed by atoms with Crippen molar-refractivity contribution < 1.29 is 4.79 Å². The monoisotopic (exact) mass is 303 g/mol. The zero-order valence-corrected chi connectivity index (χ0v) is 12.2. The van der Waals surface area contributed by atoms with Gasteiger partial charge >= 0.3 is 0 Å². The molecule has 2 aromatic carbocycles. The third kappa shape index (κ3) is 2.01. The molecular weight excluding hydrogens is 293 g/mol. The third-order valence-electron chi connectivity index (χ3n) is 3.39. The Morgan fingerprint density at radius 3 is 2.60 bits per heavy atom. The minimum Gasteiger partial charge on any atom is -0.354 e. The van der Waals surface area contributed by atoms with Crippen molar-refractivity contribution >= 4 is 40.4 Å². The largest absolute Gasteiger partial charge is 0.354 e. The molecule has 0 unspecified atom stereocenters. The van der Waals surface area contributed by atoms with Gasteiger partial charge in [0.25, 0.3) is 0 Å². The Hall–Kier alpha value is -1.77.